The normalized spacial score (nSPS) is 11.0. The summed E-state index contributed by atoms with van der Waals surface area (Å²) >= 11 is 5.66. The lowest BCUT2D eigenvalue weighted by Gasteiger charge is -2.06. The number of benzene rings is 2. The molecule has 0 aliphatic rings. The van der Waals surface area contributed by atoms with Crippen LogP contribution in [0.25, 0.3) is 10.8 Å². The van der Waals surface area contributed by atoms with Crippen molar-refractivity contribution in [3.8, 4) is 0 Å². The number of fused-ring (bicyclic) bond motifs is 1. The summed E-state index contributed by atoms with van der Waals surface area (Å²) in [5.41, 5.74) is 7.26. The number of hydrogen-bond donors (Lipinski definition) is 2. The Hall–Kier alpha value is -2.40. The van der Waals surface area contributed by atoms with E-state index in [4.69, 9.17) is 17.3 Å². The minimum Gasteiger partial charge on any atom is -0.399 e. The molecule has 0 unspecified atom stereocenters. The first-order chi connectivity index (χ1) is 10.0. The minimum atomic E-state index is -0.479. The van der Waals surface area contributed by atoms with Gasteiger partial charge in [-0.25, -0.2) is 9.49 Å². The van der Waals surface area contributed by atoms with Crippen molar-refractivity contribution >= 4 is 28.1 Å². The van der Waals surface area contributed by atoms with E-state index >= 15 is 0 Å². The number of anilines is 1. The van der Waals surface area contributed by atoms with Gasteiger partial charge in [0.25, 0.3) is 5.56 Å². The number of nitrogens with zero attached hydrogens (tertiary/aromatic N) is 1. The van der Waals surface area contributed by atoms with Crippen LogP contribution in [0.15, 0.2) is 41.2 Å². The monoisotopic (exact) mass is 303 g/mol. The van der Waals surface area contributed by atoms with Gasteiger partial charge in [-0.1, -0.05) is 23.7 Å². The molecule has 0 saturated heterocycles. The molecule has 3 aromatic rings. The van der Waals surface area contributed by atoms with Gasteiger partial charge >= 0.3 is 0 Å². The Morgan fingerprint density at radius 1 is 1.19 bits per heavy atom. The zero-order valence-corrected chi connectivity index (χ0v) is 11.6. The van der Waals surface area contributed by atoms with Crippen LogP contribution in [0.5, 0.6) is 0 Å². The lowest BCUT2D eigenvalue weighted by molar-refractivity contribution is 0.626. The molecule has 3 N–H and O–H groups in total. The van der Waals surface area contributed by atoms with Gasteiger partial charge in [-0.05, 0) is 29.8 Å². The quantitative estimate of drug-likeness (QED) is 0.715. The molecule has 4 nitrogen and oxygen atoms in total. The molecule has 0 fully saturated rings. The molecule has 0 spiro atoms. The molecule has 0 atom stereocenters. The van der Waals surface area contributed by atoms with E-state index in [0.717, 1.165) is 5.56 Å². The van der Waals surface area contributed by atoms with Gasteiger partial charge in [0.15, 0.2) is 0 Å². The van der Waals surface area contributed by atoms with Crippen molar-refractivity contribution in [2.24, 2.45) is 0 Å². The highest BCUT2D eigenvalue weighted by Gasteiger charge is 2.09. The Morgan fingerprint density at radius 2 is 2.00 bits per heavy atom. The third kappa shape index (κ3) is 2.60. The van der Waals surface area contributed by atoms with Crippen LogP contribution in [0.1, 0.15) is 11.3 Å². The Bertz CT molecular complexity index is 892. The molecule has 3 rings (SSSR count). The first-order valence-corrected chi connectivity index (χ1v) is 6.63. The lowest BCUT2D eigenvalue weighted by Crippen LogP contribution is -2.11. The van der Waals surface area contributed by atoms with E-state index in [2.05, 4.69) is 10.2 Å². The summed E-state index contributed by atoms with van der Waals surface area (Å²) in [5, 5.41) is 7.72. The molecule has 0 saturated carbocycles. The summed E-state index contributed by atoms with van der Waals surface area (Å²) in [6.45, 7) is 0. The van der Waals surface area contributed by atoms with Crippen LogP contribution in [-0.4, -0.2) is 10.2 Å². The second-order valence-electron chi connectivity index (χ2n) is 4.73. The maximum atomic E-state index is 13.5. The predicted octanol–water partition coefficient (Wildman–Crippen LogP) is 2.89. The third-order valence-electron chi connectivity index (χ3n) is 3.25. The molecule has 1 heterocycles. The fourth-order valence-electron chi connectivity index (χ4n) is 2.22. The number of halogens is 2. The van der Waals surface area contributed by atoms with Gasteiger partial charge in [0.2, 0.25) is 0 Å². The second-order valence-corrected chi connectivity index (χ2v) is 5.14. The summed E-state index contributed by atoms with van der Waals surface area (Å²) in [6.07, 6.45) is 0.380. The van der Waals surface area contributed by atoms with Gasteiger partial charge in [-0.15, -0.1) is 0 Å². The molecule has 106 valence electrons. The Labute approximate surface area is 124 Å². The van der Waals surface area contributed by atoms with E-state index in [-0.39, 0.29) is 10.6 Å². The Kier molecular flexibility index (Phi) is 3.35. The van der Waals surface area contributed by atoms with Crippen LogP contribution < -0.4 is 11.3 Å². The van der Waals surface area contributed by atoms with Gasteiger partial charge in [0, 0.05) is 17.5 Å². The minimum absolute atomic E-state index is 0.0748. The van der Waals surface area contributed by atoms with Gasteiger partial charge in [0.1, 0.15) is 5.82 Å². The van der Waals surface area contributed by atoms with Gasteiger partial charge in [0.05, 0.1) is 16.1 Å². The summed E-state index contributed by atoms with van der Waals surface area (Å²) in [4.78, 5) is 11.8. The van der Waals surface area contributed by atoms with Crippen molar-refractivity contribution in [3.05, 3.63) is 68.8 Å². The lowest BCUT2D eigenvalue weighted by atomic mass is 10.0. The number of nitrogen functional groups attached to an aromatic ring is 1. The summed E-state index contributed by atoms with van der Waals surface area (Å²) in [7, 11) is 0. The molecular formula is C15H11ClFN3O. The van der Waals surface area contributed by atoms with Crippen molar-refractivity contribution in [1.82, 2.24) is 10.2 Å². The summed E-state index contributed by atoms with van der Waals surface area (Å²) < 4.78 is 13.5. The maximum Gasteiger partial charge on any atom is 0.272 e. The van der Waals surface area contributed by atoms with E-state index in [1.54, 1.807) is 24.3 Å². The number of aromatic nitrogens is 2. The molecule has 21 heavy (non-hydrogen) atoms. The average molecular weight is 304 g/mol. The number of rotatable bonds is 2. The van der Waals surface area contributed by atoms with Crippen molar-refractivity contribution in [1.29, 1.82) is 0 Å². The van der Waals surface area contributed by atoms with Crippen LogP contribution in [0.3, 0.4) is 0 Å². The van der Waals surface area contributed by atoms with Crippen LogP contribution in [0, 0.1) is 5.82 Å². The largest absolute Gasteiger partial charge is 0.399 e. The fourth-order valence-corrected chi connectivity index (χ4v) is 2.34. The zero-order chi connectivity index (χ0) is 15.0. The highest BCUT2D eigenvalue weighted by atomic mass is 35.5. The molecule has 0 radical (unpaired) electrons. The zero-order valence-electron chi connectivity index (χ0n) is 10.9. The van der Waals surface area contributed by atoms with E-state index in [9.17, 15) is 9.18 Å². The molecule has 0 aliphatic carbocycles. The van der Waals surface area contributed by atoms with Crippen LogP contribution in [0.2, 0.25) is 5.02 Å². The number of nitrogens with two attached hydrogens (primary N) is 1. The van der Waals surface area contributed by atoms with Crippen molar-refractivity contribution < 1.29 is 4.39 Å². The SMILES string of the molecule is Nc1ccc2c(Cc3ccc(Cl)c(F)c3)n[nH]c(=O)c2c1. The molecule has 2 aromatic carbocycles. The van der Waals surface area contributed by atoms with Gasteiger partial charge in [-0.2, -0.15) is 5.10 Å². The first-order valence-electron chi connectivity index (χ1n) is 6.25. The molecule has 1 aromatic heterocycles. The first kappa shape index (κ1) is 13.6. The van der Waals surface area contributed by atoms with E-state index in [0.29, 0.717) is 28.6 Å². The van der Waals surface area contributed by atoms with E-state index in [1.165, 1.54) is 12.1 Å². The Balaban J connectivity index is 2.10. The fraction of sp³-hybridized carbons (Fsp3) is 0.0667. The maximum absolute atomic E-state index is 13.5. The van der Waals surface area contributed by atoms with Crippen molar-refractivity contribution in [3.63, 3.8) is 0 Å². The molecular weight excluding hydrogens is 293 g/mol. The highest BCUT2D eigenvalue weighted by Crippen LogP contribution is 2.21. The van der Waals surface area contributed by atoms with Crippen LogP contribution in [0.4, 0.5) is 10.1 Å². The topological polar surface area (TPSA) is 71.8 Å². The second kappa shape index (κ2) is 5.18. The van der Waals surface area contributed by atoms with E-state index < -0.39 is 5.82 Å². The van der Waals surface area contributed by atoms with Crippen molar-refractivity contribution in [2.75, 3.05) is 5.73 Å². The van der Waals surface area contributed by atoms with Crippen molar-refractivity contribution in [2.45, 2.75) is 6.42 Å². The molecule has 0 aliphatic heterocycles. The summed E-state index contributed by atoms with van der Waals surface area (Å²) in [5.74, 6) is -0.479. The highest BCUT2D eigenvalue weighted by molar-refractivity contribution is 6.30. The van der Waals surface area contributed by atoms with Crippen LogP contribution >= 0.6 is 11.6 Å². The number of aromatic amines is 1. The standard InChI is InChI=1S/C15H11ClFN3O/c16-12-4-1-8(5-13(12)17)6-14-10-3-2-9(18)7-11(10)15(21)20-19-14/h1-5,7H,6,18H2,(H,20,21). The van der Waals surface area contributed by atoms with Gasteiger partial charge < -0.3 is 5.73 Å². The predicted molar refractivity (Wildman–Crippen MR) is 81.0 cm³/mol. The molecule has 6 heteroatoms. The van der Waals surface area contributed by atoms with Gasteiger partial charge in [-0.3, -0.25) is 4.79 Å². The van der Waals surface area contributed by atoms with E-state index in [1.807, 2.05) is 0 Å². The van der Waals surface area contributed by atoms with Crippen LogP contribution in [-0.2, 0) is 6.42 Å². The average Bonchev–Trinajstić information content (AvgIpc) is 2.46. The molecule has 0 bridgehead atoms. The number of nitrogens with one attached hydrogen (secondary N) is 1. The number of H-pyrrole nitrogens is 1. The number of hydrogen-bond acceptors (Lipinski definition) is 3. The molecule has 0 amide bonds. The Morgan fingerprint density at radius 3 is 2.76 bits per heavy atom. The smallest absolute Gasteiger partial charge is 0.272 e. The summed E-state index contributed by atoms with van der Waals surface area (Å²) in [6, 6.07) is 9.63. The third-order valence-corrected chi connectivity index (χ3v) is 3.55.